The third-order valence-corrected chi connectivity index (χ3v) is 8.80. The molecule has 0 spiro atoms. The van der Waals surface area contributed by atoms with Crippen LogP contribution >= 0.6 is 0 Å². The van der Waals surface area contributed by atoms with E-state index in [1.54, 1.807) is 61.5 Å². The number of benzene rings is 4. The fraction of sp³-hybridized carbons (Fsp3) is 0.138. The van der Waals surface area contributed by atoms with Gasteiger partial charge in [-0.2, -0.15) is 0 Å². The Hall–Kier alpha value is -4.35. The maximum atomic E-state index is 13.0. The molecular formula is C29H29N3O6S2. The number of hydrogen-bond acceptors (Lipinski definition) is 6. The first-order valence-electron chi connectivity index (χ1n) is 12.3. The molecule has 0 unspecified atom stereocenters. The Bertz CT molecular complexity index is 1720. The van der Waals surface area contributed by atoms with Crippen molar-refractivity contribution in [3.05, 3.63) is 108 Å². The molecule has 1 amide bonds. The van der Waals surface area contributed by atoms with Gasteiger partial charge in [-0.05, 0) is 99.1 Å². The molecule has 40 heavy (non-hydrogen) atoms. The summed E-state index contributed by atoms with van der Waals surface area (Å²) >= 11 is 0. The summed E-state index contributed by atoms with van der Waals surface area (Å²) in [5.74, 6) is 0.0845. The summed E-state index contributed by atoms with van der Waals surface area (Å²) in [6, 6.07) is 23.5. The second-order valence-corrected chi connectivity index (χ2v) is 12.3. The topological polar surface area (TPSA) is 131 Å². The lowest BCUT2D eigenvalue weighted by molar-refractivity contribution is 0.102. The molecule has 0 fully saturated rings. The lowest BCUT2D eigenvalue weighted by atomic mass is 10.1. The van der Waals surface area contributed by atoms with E-state index in [0.29, 0.717) is 35.0 Å². The molecule has 0 saturated heterocycles. The Labute approximate surface area is 234 Å². The molecule has 0 atom stereocenters. The van der Waals surface area contributed by atoms with Gasteiger partial charge in [0.1, 0.15) is 5.75 Å². The van der Waals surface area contributed by atoms with Crippen molar-refractivity contribution in [1.82, 2.24) is 0 Å². The Morgan fingerprint density at radius 1 is 0.700 bits per heavy atom. The number of ether oxygens (including phenoxy) is 1. The lowest BCUT2D eigenvalue weighted by Crippen LogP contribution is -2.17. The zero-order valence-corrected chi connectivity index (χ0v) is 23.8. The van der Waals surface area contributed by atoms with Gasteiger partial charge in [-0.15, -0.1) is 0 Å². The van der Waals surface area contributed by atoms with Gasteiger partial charge in [-0.3, -0.25) is 14.2 Å². The van der Waals surface area contributed by atoms with Crippen molar-refractivity contribution >= 4 is 43.0 Å². The van der Waals surface area contributed by atoms with Gasteiger partial charge in [0.15, 0.2) is 0 Å². The van der Waals surface area contributed by atoms with Crippen molar-refractivity contribution in [3.63, 3.8) is 0 Å². The first-order chi connectivity index (χ1) is 19.0. The predicted octanol–water partition coefficient (Wildman–Crippen LogP) is 5.56. The third-order valence-electron chi connectivity index (χ3n) is 5.88. The molecule has 11 heteroatoms. The van der Waals surface area contributed by atoms with Crippen LogP contribution in [0.4, 0.5) is 17.1 Å². The normalized spacial score (nSPS) is 11.5. The summed E-state index contributed by atoms with van der Waals surface area (Å²) in [6.07, 6.45) is 0. The highest BCUT2D eigenvalue weighted by atomic mass is 32.2. The van der Waals surface area contributed by atoms with Crippen LogP contribution in [0.5, 0.6) is 5.75 Å². The minimum Gasteiger partial charge on any atom is -0.494 e. The van der Waals surface area contributed by atoms with Crippen LogP contribution in [-0.2, 0) is 20.0 Å². The van der Waals surface area contributed by atoms with Crippen LogP contribution in [0.15, 0.2) is 101 Å². The highest BCUT2D eigenvalue weighted by molar-refractivity contribution is 7.93. The van der Waals surface area contributed by atoms with E-state index >= 15 is 0 Å². The molecule has 9 nitrogen and oxygen atoms in total. The molecule has 208 valence electrons. The summed E-state index contributed by atoms with van der Waals surface area (Å²) in [5.41, 5.74) is 2.73. The minimum atomic E-state index is -3.95. The fourth-order valence-electron chi connectivity index (χ4n) is 3.78. The summed E-state index contributed by atoms with van der Waals surface area (Å²) in [6.45, 7) is 5.91. The van der Waals surface area contributed by atoms with Crippen molar-refractivity contribution in [2.75, 3.05) is 21.4 Å². The number of nitrogens with one attached hydrogen (secondary N) is 3. The number of sulfonamides is 2. The summed E-state index contributed by atoms with van der Waals surface area (Å²) in [4.78, 5) is 12.9. The molecule has 4 rings (SSSR count). The molecule has 0 aliphatic rings. The van der Waals surface area contributed by atoms with Gasteiger partial charge in [0.2, 0.25) is 0 Å². The van der Waals surface area contributed by atoms with E-state index in [9.17, 15) is 21.6 Å². The van der Waals surface area contributed by atoms with Crippen LogP contribution < -0.4 is 19.5 Å². The smallest absolute Gasteiger partial charge is 0.262 e. The maximum absolute atomic E-state index is 13.0. The number of aryl methyl sites for hydroxylation is 2. The highest BCUT2D eigenvalue weighted by Crippen LogP contribution is 2.23. The standard InChI is InChI=1S/C29H29N3O6S2/c1-4-38-26-15-11-25(12-16-26)31-39(34,35)27-17-13-23(14-18-27)30-29(33)22-8-7-21(3)28(19-22)40(36,37)32-24-9-5-20(2)6-10-24/h5-19,31-32H,4H2,1-3H3,(H,30,33). The molecule has 0 bridgehead atoms. The van der Waals surface area contributed by atoms with Crippen LogP contribution in [0.3, 0.4) is 0 Å². The van der Waals surface area contributed by atoms with Crippen LogP contribution in [0.25, 0.3) is 0 Å². The van der Waals surface area contributed by atoms with E-state index in [4.69, 9.17) is 4.74 Å². The number of amides is 1. The van der Waals surface area contributed by atoms with Gasteiger partial charge in [0, 0.05) is 22.6 Å². The van der Waals surface area contributed by atoms with Gasteiger partial charge in [0.05, 0.1) is 16.4 Å². The number of hydrogen-bond donors (Lipinski definition) is 3. The molecule has 0 radical (unpaired) electrons. The SMILES string of the molecule is CCOc1ccc(NS(=O)(=O)c2ccc(NC(=O)c3ccc(C)c(S(=O)(=O)Nc4ccc(C)cc4)c3)cc2)cc1. The van der Waals surface area contributed by atoms with Gasteiger partial charge in [-0.1, -0.05) is 23.8 Å². The van der Waals surface area contributed by atoms with Gasteiger partial charge >= 0.3 is 0 Å². The van der Waals surface area contributed by atoms with Gasteiger partial charge in [-0.25, -0.2) is 16.8 Å². The Kier molecular flexibility index (Phi) is 8.46. The van der Waals surface area contributed by atoms with E-state index in [-0.39, 0.29) is 15.4 Å². The Balaban J connectivity index is 1.46. The largest absolute Gasteiger partial charge is 0.494 e. The molecule has 0 heterocycles. The second-order valence-electron chi connectivity index (χ2n) is 8.99. The van der Waals surface area contributed by atoms with E-state index in [1.807, 2.05) is 13.8 Å². The van der Waals surface area contributed by atoms with E-state index in [2.05, 4.69) is 14.8 Å². The van der Waals surface area contributed by atoms with E-state index < -0.39 is 26.0 Å². The number of carbonyl (C=O) groups is 1. The maximum Gasteiger partial charge on any atom is 0.262 e. The monoisotopic (exact) mass is 579 g/mol. The van der Waals surface area contributed by atoms with Crippen molar-refractivity contribution < 1.29 is 26.4 Å². The predicted molar refractivity (Wildman–Crippen MR) is 156 cm³/mol. The van der Waals surface area contributed by atoms with Crippen LogP contribution in [-0.4, -0.2) is 29.3 Å². The fourth-order valence-corrected chi connectivity index (χ4v) is 6.17. The van der Waals surface area contributed by atoms with Crippen LogP contribution in [0.2, 0.25) is 0 Å². The van der Waals surface area contributed by atoms with Crippen LogP contribution in [0.1, 0.15) is 28.4 Å². The Morgan fingerprint density at radius 2 is 1.25 bits per heavy atom. The van der Waals surface area contributed by atoms with Crippen molar-refractivity contribution in [2.45, 2.75) is 30.6 Å². The second kappa shape index (κ2) is 11.8. The highest BCUT2D eigenvalue weighted by Gasteiger charge is 2.20. The first-order valence-corrected chi connectivity index (χ1v) is 15.3. The van der Waals surface area contributed by atoms with Crippen molar-refractivity contribution in [1.29, 1.82) is 0 Å². The van der Waals surface area contributed by atoms with Gasteiger partial charge in [0.25, 0.3) is 26.0 Å². The number of carbonyl (C=O) groups excluding carboxylic acids is 1. The third kappa shape index (κ3) is 6.99. The molecule has 0 saturated carbocycles. The number of rotatable bonds is 10. The summed E-state index contributed by atoms with van der Waals surface area (Å²) in [7, 11) is -7.82. The summed E-state index contributed by atoms with van der Waals surface area (Å²) < 4.78 is 62.0. The molecule has 0 aromatic heterocycles. The van der Waals surface area contributed by atoms with Crippen LogP contribution in [0, 0.1) is 13.8 Å². The quantitative estimate of drug-likeness (QED) is 0.226. The lowest BCUT2D eigenvalue weighted by Gasteiger charge is -2.13. The van der Waals surface area contributed by atoms with E-state index in [0.717, 1.165) is 5.56 Å². The summed E-state index contributed by atoms with van der Waals surface area (Å²) in [5, 5.41) is 2.68. The molecular weight excluding hydrogens is 550 g/mol. The molecule has 3 N–H and O–H groups in total. The minimum absolute atomic E-state index is 0.00489. The van der Waals surface area contributed by atoms with Gasteiger partial charge < -0.3 is 10.1 Å². The number of anilines is 3. The molecule has 0 aliphatic carbocycles. The van der Waals surface area contributed by atoms with Crippen molar-refractivity contribution in [2.24, 2.45) is 0 Å². The Morgan fingerprint density at radius 3 is 1.85 bits per heavy atom. The zero-order chi connectivity index (χ0) is 28.9. The zero-order valence-electron chi connectivity index (χ0n) is 22.1. The molecule has 0 aliphatic heterocycles. The average Bonchev–Trinajstić information content (AvgIpc) is 2.91. The average molecular weight is 580 g/mol. The van der Waals surface area contributed by atoms with Crippen molar-refractivity contribution in [3.8, 4) is 5.75 Å². The molecule has 4 aromatic carbocycles. The first kappa shape index (κ1) is 28.7. The van der Waals surface area contributed by atoms with E-state index in [1.165, 1.54) is 36.4 Å². The molecule has 4 aromatic rings.